The second kappa shape index (κ2) is 8.56. The van der Waals surface area contributed by atoms with E-state index >= 15 is 0 Å². The third-order valence-corrected chi connectivity index (χ3v) is 6.64. The van der Waals surface area contributed by atoms with Crippen molar-refractivity contribution in [3.63, 3.8) is 0 Å². The zero-order valence-electron chi connectivity index (χ0n) is 18.0. The summed E-state index contributed by atoms with van der Waals surface area (Å²) in [6.07, 6.45) is 2.34. The zero-order chi connectivity index (χ0) is 21.2. The monoisotopic (exact) mass is 411 g/mol. The largest absolute Gasteiger partial charge is 0.357 e. The van der Waals surface area contributed by atoms with Crippen LogP contribution in [0.5, 0.6) is 0 Å². The van der Waals surface area contributed by atoms with Gasteiger partial charge in [0.05, 0.1) is 0 Å². The molecule has 0 saturated carbocycles. The van der Waals surface area contributed by atoms with Crippen molar-refractivity contribution in [2.75, 3.05) is 19.6 Å². The van der Waals surface area contributed by atoms with Gasteiger partial charge in [-0.25, -0.2) is 0 Å². The number of carbonyl (C=O) groups is 1. The van der Waals surface area contributed by atoms with Crippen LogP contribution >= 0.6 is 0 Å². The van der Waals surface area contributed by atoms with E-state index in [9.17, 15) is 4.79 Å². The van der Waals surface area contributed by atoms with E-state index in [2.05, 4.69) is 58.5 Å². The maximum Gasteiger partial charge on any atom is 0.251 e. The number of aromatic amines is 1. The van der Waals surface area contributed by atoms with E-state index in [4.69, 9.17) is 0 Å². The summed E-state index contributed by atoms with van der Waals surface area (Å²) < 4.78 is 0. The summed E-state index contributed by atoms with van der Waals surface area (Å²) in [7, 11) is 0. The Labute approximate surface area is 183 Å². The Morgan fingerprint density at radius 2 is 1.81 bits per heavy atom. The Morgan fingerprint density at radius 3 is 2.68 bits per heavy atom. The average molecular weight is 412 g/mol. The Hall–Kier alpha value is -3.11. The van der Waals surface area contributed by atoms with E-state index in [0.717, 1.165) is 48.9 Å². The highest BCUT2D eigenvalue weighted by Crippen LogP contribution is 2.25. The van der Waals surface area contributed by atoms with Gasteiger partial charge in [-0.3, -0.25) is 9.69 Å². The molecule has 5 rings (SSSR count). The molecule has 31 heavy (non-hydrogen) atoms. The van der Waals surface area contributed by atoms with Crippen molar-refractivity contribution in [3.8, 4) is 0 Å². The number of rotatable bonds is 5. The van der Waals surface area contributed by atoms with Crippen molar-refractivity contribution >= 4 is 27.6 Å². The molecule has 1 aliphatic heterocycles. The highest BCUT2D eigenvalue weighted by atomic mass is 16.1. The minimum atomic E-state index is 0.0281. The van der Waals surface area contributed by atoms with E-state index in [0.29, 0.717) is 5.92 Å². The van der Waals surface area contributed by atoms with E-state index in [1.807, 2.05) is 30.3 Å². The number of piperidine rings is 1. The van der Waals surface area contributed by atoms with Crippen LogP contribution in [0.2, 0.25) is 0 Å². The highest BCUT2D eigenvalue weighted by molar-refractivity contribution is 6.07. The second-order valence-electron chi connectivity index (χ2n) is 8.75. The number of aromatic nitrogens is 1. The lowest BCUT2D eigenvalue weighted by atomic mass is 9.97. The second-order valence-corrected chi connectivity index (χ2v) is 8.75. The van der Waals surface area contributed by atoms with Gasteiger partial charge in [-0.2, -0.15) is 0 Å². The fraction of sp³-hybridized carbons (Fsp3) is 0.296. The number of aryl methyl sites for hydroxylation is 1. The van der Waals surface area contributed by atoms with Crippen LogP contribution in [0, 0.1) is 12.8 Å². The van der Waals surface area contributed by atoms with Gasteiger partial charge >= 0.3 is 0 Å². The van der Waals surface area contributed by atoms with Crippen LogP contribution in [0.1, 0.15) is 34.5 Å². The number of H-pyrrole nitrogens is 1. The lowest BCUT2D eigenvalue weighted by Crippen LogP contribution is -2.40. The van der Waals surface area contributed by atoms with Crippen molar-refractivity contribution in [1.82, 2.24) is 15.2 Å². The van der Waals surface area contributed by atoms with E-state index < -0.39 is 0 Å². The quantitative estimate of drug-likeness (QED) is 0.470. The molecule has 0 spiro atoms. The third kappa shape index (κ3) is 4.08. The predicted molar refractivity (Wildman–Crippen MR) is 127 cm³/mol. The van der Waals surface area contributed by atoms with Crippen molar-refractivity contribution in [3.05, 3.63) is 83.6 Å². The smallest absolute Gasteiger partial charge is 0.251 e. The van der Waals surface area contributed by atoms with Gasteiger partial charge in [0.2, 0.25) is 0 Å². The third-order valence-electron chi connectivity index (χ3n) is 6.64. The molecule has 1 fully saturated rings. The van der Waals surface area contributed by atoms with Gasteiger partial charge < -0.3 is 10.3 Å². The summed E-state index contributed by atoms with van der Waals surface area (Å²) in [4.78, 5) is 19.0. The molecule has 2 N–H and O–H groups in total. The number of amides is 1. The molecule has 4 aromatic rings. The number of hydrogen-bond acceptors (Lipinski definition) is 2. The fourth-order valence-corrected chi connectivity index (χ4v) is 4.94. The molecule has 1 unspecified atom stereocenters. The molecular formula is C27H29N3O. The molecule has 1 aromatic heterocycles. The summed E-state index contributed by atoms with van der Waals surface area (Å²) in [6, 6.07) is 22.5. The lowest BCUT2D eigenvalue weighted by molar-refractivity contribution is 0.0932. The first-order chi connectivity index (χ1) is 15.2. The average Bonchev–Trinajstić information content (AvgIpc) is 3.12. The van der Waals surface area contributed by atoms with Crippen molar-refractivity contribution in [2.45, 2.75) is 26.3 Å². The Balaban J connectivity index is 1.22. The normalized spacial score (nSPS) is 17.3. The number of fused-ring (bicyclic) bond motifs is 2. The van der Waals surface area contributed by atoms with Crippen LogP contribution in [0.3, 0.4) is 0 Å². The van der Waals surface area contributed by atoms with Gasteiger partial charge in [-0.1, -0.05) is 54.6 Å². The molecule has 0 bridgehead atoms. The summed E-state index contributed by atoms with van der Waals surface area (Å²) in [5.41, 5.74) is 4.63. The maximum atomic E-state index is 12.9. The number of nitrogens with zero attached hydrogens (tertiary/aromatic N) is 1. The van der Waals surface area contributed by atoms with Crippen LogP contribution in [0.15, 0.2) is 66.7 Å². The van der Waals surface area contributed by atoms with Crippen LogP contribution in [0.25, 0.3) is 21.7 Å². The van der Waals surface area contributed by atoms with Crippen molar-refractivity contribution in [2.24, 2.45) is 5.92 Å². The van der Waals surface area contributed by atoms with Gasteiger partial charge in [-0.05, 0) is 60.7 Å². The summed E-state index contributed by atoms with van der Waals surface area (Å²) in [5.74, 6) is 0.512. The first-order valence-electron chi connectivity index (χ1n) is 11.2. The molecule has 1 amide bonds. The first kappa shape index (κ1) is 19.8. The summed E-state index contributed by atoms with van der Waals surface area (Å²) in [5, 5.41) is 6.64. The molecule has 1 atom stereocenters. The van der Waals surface area contributed by atoms with Crippen LogP contribution in [-0.2, 0) is 6.54 Å². The highest BCUT2D eigenvalue weighted by Gasteiger charge is 2.22. The molecule has 2 heterocycles. The number of likely N-dealkylation sites (tertiary alicyclic amines) is 1. The number of carbonyl (C=O) groups excluding carboxylic acids is 1. The zero-order valence-corrected chi connectivity index (χ0v) is 18.0. The molecule has 4 nitrogen and oxygen atoms in total. The number of benzene rings is 3. The minimum absolute atomic E-state index is 0.0281. The van der Waals surface area contributed by atoms with Crippen LogP contribution < -0.4 is 5.32 Å². The van der Waals surface area contributed by atoms with E-state index in [1.165, 1.54) is 28.6 Å². The van der Waals surface area contributed by atoms with Gasteiger partial charge in [0.15, 0.2) is 0 Å². The standard InChI is InChI=1S/C27H29N3O/c1-19-22-11-4-5-14-25(22)29-26(19)18-30-15-7-8-20(17-30)16-28-27(31)24-13-6-10-21-9-2-3-12-23(21)24/h2-6,9-14,20,29H,7-8,15-18H2,1H3,(H,28,31). The van der Waals surface area contributed by atoms with Gasteiger partial charge in [0, 0.05) is 41.8 Å². The fourth-order valence-electron chi connectivity index (χ4n) is 4.94. The predicted octanol–water partition coefficient (Wildman–Crippen LogP) is 5.27. The molecule has 1 aliphatic rings. The van der Waals surface area contributed by atoms with Crippen LogP contribution in [-0.4, -0.2) is 35.4 Å². The first-order valence-corrected chi connectivity index (χ1v) is 11.2. The molecule has 158 valence electrons. The van der Waals surface area contributed by atoms with Crippen molar-refractivity contribution < 1.29 is 4.79 Å². The molecule has 0 radical (unpaired) electrons. The Kier molecular flexibility index (Phi) is 5.47. The molecule has 1 saturated heterocycles. The topological polar surface area (TPSA) is 48.1 Å². The Bertz CT molecular complexity index is 1220. The number of para-hydroxylation sites is 1. The number of hydrogen-bond donors (Lipinski definition) is 2. The minimum Gasteiger partial charge on any atom is -0.357 e. The molecule has 4 heteroatoms. The van der Waals surface area contributed by atoms with Gasteiger partial charge in [0.25, 0.3) is 5.91 Å². The van der Waals surface area contributed by atoms with Crippen LogP contribution in [0.4, 0.5) is 0 Å². The SMILES string of the molecule is Cc1c(CN2CCCC(CNC(=O)c3cccc4ccccc34)C2)[nH]c2ccccc12. The molecular weight excluding hydrogens is 382 g/mol. The maximum absolute atomic E-state index is 12.9. The summed E-state index contributed by atoms with van der Waals surface area (Å²) >= 11 is 0. The number of nitrogens with one attached hydrogen (secondary N) is 2. The van der Waals surface area contributed by atoms with E-state index in [-0.39, 0.29) is 5.91 Å². The van der Waals surface area contributed by atoms with Gasteiger partial charge in [-0.15, -0.1) is 0 Å². The van der Waals surface area contributed by atoms with Crippen molar-refractivity contribution in [1.29, 1.82) is 0 Å². The van der Waals surface area contributed by atoms with Gasteiger partial charge in [0.1, 0.15) is 0 Å². The molecule has 0 aliphatic carbocycles. The Morgan fingerprint density at radius 1 is 1.03 bits per heavy atom. The lowest BCUT2D eigenvalue weighted by Gasteiger charge is -2.32. The molecule has 3 aromatic carbocycles. The van der Waals surface area contributed by atoms with E-state index in [1.54, 1.807) is 0 Å². The summed E-state index contributed by atoms with van der Waals surface area (Å²) in [6.45, 7) is 6.01.